The van der Waals surface area contributed by atoms with Gasteiger partial charge in [-0.2, -0.15) is 0 Å². The van der Waals surface area contributed by atoms with Crippen LogP contribution in [0.3, 0.4) is 0 Å². The summed E-state index contributed by atoms with van der Waals surface area (Å²) in [4.78, 5) is 0. The van der Waals surface area contributed by atoms with Crippen LogP contribution in [0, 0.1) is 11.3 Å². The van der Waals surface area contributed by atoms with Gasteiger partial charge in [0.2, 0.25) is 0 Å². The van der Waals surface area contributed by atoms with E-state index in [1.165, 1.54) is 32.1 Å². The first-order chi connectivity index (χ1) is 7.14. The second-order valence-corrected chi connectivity index (χ2v) is 5.87. The fraction of sp³-hybridized carbons (Fsp3) is 1.00. The predicted octanol–water partition coefficient (Wildman–Crippen LogP) is 2.58. The maximum Gasteiger partial charge on any atom is 0.0656 e. The fourth-order valence-electron chi connectivity index (χ4n) is 3.09. The highest BCUT2D eigenvalue weighted by Crippen LogP contribution is 2.43. The van der Waals surface area contributed by atoms with Crippen LogP contribution in [-0.2, 0) is 4.74 Å². The van der Waals surface area contributed by atoms with Crippen LogP contribution in [0.4, 0.5) is 0 Å². The lowest BCUT2D eigenvalue weighted by Crippen LogP contribution is -2.60. The van der Waals surface area contributed by atoms with Crippen molar-refractivity contribution in [1.29, 1.82) is 0 Å². The molecule has 2 unspecified atom stereocenters. The average molecular weight is 211 g/mol. The Bertz CT molecular complexity index is 209. The molecule has 2 atom stereocenters. The third-order valence-electron chi connectivity index (χ3n) is 4.53. The first-order valence-electron chi connectivity index (χ1n) is 6.43. The summed E-state index contributed by atoms with van der Waals surface area (Å²) in [6.07, 6.45) is 7.29. The van der Waals surface area contributed by atoms with E-state index in [2.05, 4.69) is 26.2 Å². The van der Waals surface area contributed by atoms with Crippen LogP contribution in [0.5, 0.6) is 0 Å². The monoisotopic (exact) mass is 211 g/mol. The van der Waals surface area contributed by atoms with Crippen molar-refractivity contribution in [1.82, 2.24) is 5.32 Å². The smallest absolute Gasteiger partial charge is 0.0656 e. The predicted molar refractivity (Wildman–Crippen MR) is 62.9 cm³/mol. The largest absolute Gasteiger partial charge is 0.377 e. The van der Waals surface area contributed by atoms with Gasteiger partial charge >= 0.3 is 0 Å². The van der Waals surface area contributed by atoms with E-state index in [-0.39, 0.29) is 0 Å². The molecular weight excluding hydrogens is 186 g/mol. The lowest BCUT2D eigenvalue weighted by atomic mass is 9.64. The van der Waals surface area contributed by atoms with E-state index in [4.69, 9.17) is 4.74 Å². The van der Waals surface area contributed by atoms with Crippen LogP contribution in [0.25, 0.3) is 0 Å². The molecule has 0 aromatic carbocycles. The molecule has 2 rings (SSSR count). The second kappa shape index (κ2) is 4.42. The zero-order valence-electron chi connectivity index (χ0n) is 10.4. The minimum absolute atomic E-state index is 0.327. The maximum absolute atomic E-state index is 6.07. The van der Waals surface area contributed by atoms with Crippen molar-refractivity contribution in [2.75, 3.05) is 13.7 Å². The molecule has 1 N–H and O–H groups in total. The Balaban J connectivity index is 1.72. The van der Waals surface area contributed by atoms with E-state index >= 15 is 0 Å². The van der Waals surface area contributed by atoms with Gasteiger partial charge in [-0.05, 0) is 32.2 Å². The molecule has 0 amide bonds. The van der Waals surface area contributed by atoms with Crippen molar-refractivity contribution < 1.29 is 4.74 Å². The summed E-state index contributed by atoms with van der Waals surface area (Å²) in [5.74, 6) is 0.856. The van der Waals surface area contributed by atoms with Gasteiger partial charge in [-0.15, -0.1) is 0 Å². The molecule has 2 heteroatoms. The molecule has 2 saturated carbocycles. The molecule has 0 aliphatic heterocycles. The Morgan fingerprint density at radius 1 is 1.27 bits per heavy atom. The normalized spacial score (nSPS) is 35.4. The quantitative estimate of drug-likeness (QED) is 0.771. The summed E-state index contributed by atoms with van der Waals surface area (Å²) >= 11 is 0. The molecule has 2 aliphatic rings. The van der Waals surface area contributed by atoms with Crippen LogP contribution >= 0.6 is 0 Å². The zero-order chi connectivity index (χ0) is 10.9. The Morgan fingerprint density at radius 3 is 2.47 bits per heavy atom. The van der Waals surface area contributed by atoms with Gasteiger partial charge in [0.1, 0.15) is 0 Å². The Morgan fingerprint density at radius 2 is 1.93 bits per heavy atom. The summed E-state index contributed by atoms with van der Waals surface area (Å²) < 4.78 is 6.07. The van der Waals surface area contributed by atoms with Crippen molar-refractivity contribution in [2.24, 2.45) is 11.3 Å². The number of hydrogen-bond donors (Lipinski definition) is 1. The molecule has 15 heavy (non-hydrogen) atoms. The molecule has 0 bridgehead atoms. The highest BCUT2D eigenvalue weighted by molar-refractivity contribution is 5.02. The molecule has 0 saturated heterocycles. The molecule has 88 valence electrons. The molecule has 2 fully saturated rings. The van der Waals surface area contributed by atoms with E-state index in [1.54, 1.807) is 0 Å². The minimum Gasteiger partial charge on any atom is -0.377 e. The summed E-state index contributed by atoms with van der Waals surface area (Å²) in [7, 11) is 2.06. The highest BCUT2D eigenvalue weighted by atomic mass is 16.5. The van der Waals surface area contributed by atoms with Crippen LogP contribution < -0.4 is 5.32 Å². The molecule has 2 nitrogen and oxygen atoms in total. The summed E-state index contributed by atoms with van der Waals surface area (Å²) in [5, 5.41) is 3.37. The Labute approximate surface area is 93.8 Å². The highest BCUT2D eigenvalue weighted by Gasteiger charge is 2.48. The van der Waals surface area contributed by atoms with Crippen LogP contribution in [0.2, 0.25) is 0 Å². The number of hydrogen-bond acceptors (Lipinski definition) is 2. The lowest BCUT2D eigenvalue weighted by Gasteiger charge is -2.51. The third kappa shape index (κ3) is 2.21. The van der Waals surface area contributed by atoms with Crippen molar-refractivity contribution in [3.05, 3.63) is 0 Å². The molecular formula is C13H25NO. The molecule has 0 aromatic heterocycles. The average Bonchev–Trinajstić information content (AvgIpc) is 2.69. The Hall–Kier alpha value is -0.0800. The van der Waals surface area contributed by atoms with Gasteiger partial charge in [-0.1, -0.05) is 26.7 Å². The number of rotatable bonds is 4. The summed E-state index contributed by atoms with van der Waals surface area (Å²) in [5.41, 5.74) is 0.327. The van der Waals surface area contributed by atoms with Crippen molar-refractivity contribution >= 4 is 0 Å². The van der Waals surface area contributed by atoms with Crippen LogP contribution in [0.1, 0.15) is 46.0 Å². The fourth-order valence-corrected chi connectivity index (χ4v) is 3.09. The Kier molecular flexibility index (Phi) is 3.36. The van der Waals surface area contributed by atoms with Gasteiger partial charge in [0.05, 0.1) is 6.10 Å². The second-order valence-electron chi connectivity index (χ2n) is 5.87. The van der Waals surface area contributed by atoms with Gasteiger partial charge < -0.3 is 10.1 Å². The third-order valence-corrected chi connectivity index (χ3v) is 4.53. The topological polar surface area (TPSA) is 21.3 Å². The molecule has 0 aromatic rings. The maximum atomic E-state index is 6.07. The van der Waals surface area contributed by atoms with E-state index in [0.717, 1.165) is 12.5 Å². The van der Waals surface area contributed by atoms with Crippen molar-refractivity contribution in [3.63, 3.8) is 0 Å². The number of nitrogens with one attached hydrogen (secondary N) is 1. The van der Waals surface area contributed by atoms with E-state index in [0.29, 0.717) is 17.6 Å². The lowest BCUT2D eigenvalue weighted by molar-refractivity contribution is -0.123. The molecule has 2 aliphatic carbocycles. The van der Waals surface area contributed by atoms with Crippen molar-refractivity contribution in [2.45, 2.75) is 58.1 Å². The van der Waals surface area contributed by atoms with Crippen LogP contribution in [-0.4, -0.2) is 25.8 Å². The first kappa shape index (κ1) is 11.4. The first-order valence-corrected chi connectivity index (χ1v) is 6.43. The molecule has 0 radical (unpaired) electrons. The molecule has 0 heterocycles. The molecule has 0 spiro atoms. The minimum atomic E-state index is 0.327. The van der Waals surface area contributed by atoms with Gasteiger partial charge in [0.25, 0.3) is 0 Å². The van der Waals surface area contributed by atoms with Crippen molar-refractivity contribution in [3.8, 4) is 0 Å². The summed E-state index contributed by atoms with van der Waals surface area (Å²) in [6, 6.07) is 0.645. The number of ether oxygens (including phenoxy) is 1. The SMILES string of the molecule is CNC1CC(OCC2CCCC2)C1(C)C. The standard InChI is InChI=1S/C13H25NO/c1-13(2)11(14-3)8-12(13)15-9-10-6-4-5-7-10/h10-12,14H,4-9H2,1-3H3. The van der Waals surface area contributed by atoms with E-state index in [1.807, 2.05) is 0 Å². The van der Waals surface area contributed by atoms with Gasteiger partial charge in [-0.3, -0.25) is 0 Å². The van der Waals surface area contributed by atoms with E-state index in [9.17, 15) is 0 Å². The van der Waals surface area contributed by atoms with E-state index < -0.39 is 0 Å². The zero-order valence-corrected chi connectivity index (χ0v) is 10.4. The summed E-state index contributed by atoms with van der Waals surface area (Å²) in [6.45, 7) is 5.64. The van der Waals surface area contributed by atoms with Crippen LogP contribution in [0.15, 0.2) is 0 Å². The van der Waals surface area contributed by atoms with Gasteiger partial charge in [0.15, 0.2) is 0 Å². The van der Waals surface area contributed by atoms with Gasteiger partial charge in [-0.25, -0.2) is 0 Å². The van der Waals surface area contributed by atoms with Gasteiger partial charge in [0, 0.05) is 18.1 Å².